The molecular weight excluding hydrogens is 350 g/mol. The summed E-state index contributed by atoms with van der Waals surface area (Å²) in [6, 6.07) is 15.8. The summed E-state index contributed by atoms with van der Waals surface area (Å²) in [4.78, 5) is 16.8. The van der Waals surface area contributed by atoms with Crippen molar-refractivity contribution >= 4 is 21.8 Å². The van der Waals surface area contributed by atoms with Gasteiger partial charge in [-0.3, -0.25) is 14.5 Å². The minimum absolute atomic E-state index is 0.172. The fourth-order valence-electron chi connectivity index (χ4n) is 2.78. The molecule has 136 valence electrons. The molecule has 1 aliphatic rings. The quantitative estimate of drug-likeness (QED) is 0.843. The minimum atomic E-state index is -3.60. The minimum Gasteiger partial charge on any atom is -0.354 e. The Hall–Kier alpha value is -2.67. The number of amidine groups is 1. The maximum atomic E-state index is 12.3. The molecule has 1 amide bonds. The molecule has 0 bridgehead atoms. The van der Waals surface area contributed by atoms with Crippen LogP contribution in [0.1, 0.15) is 30.9 Å². The fourth-order valence-corrected chi connectivity index (χ4v) is 4.02. The molecule has 0 saturated heterocycles. The first-order valence-corrected chi connectivity index (χ1v) is 9.89. The van der Waals surface area contributed by atoms with Gasteiger partial charge in [-0.1, -0.05) is 49.4 Å². The van der Waals surface area contributed by atoms with E-state index in [9.17, 15) is 13.2 Å². The van der Waals surface area contributed by atoms with Crippen molar-refractivity contribution in [2.45, 2.75) is 30.7 Å². The third-order valence-electron chi connectivity index (χ3n) is 4.32. The van der Waals surface area contributed by atoms with E-state index in [0.717, 1.165) is 5.56 Å². The molecule has 7 heteroatoms. The number of hydrogen-bond donors (Lipinski definition) is 2. The summed E-state index contributed by atoms with van der Waals surface area (Å²) >= 11 is 0. The van der Waals surface area contributed by atoms with E-state index in [0.29, 0.717) is 12.1 Å². The average Bonchev–Trinajstić information content (AvgIpc) is 2.90. The fraction of sp³-hybridized carbons (Fsp3) is 0.263. The summed E-state index contributed by atoms with van der Waals surface area (Å²) in [5, 5.41) is 2.88. The third-order valence-corrected chi connectivity index (χ3v) is 5.71. The number of amides is 1. The molecule has 1 unspecified atom stereocenters. The van der Waals surface area contributed by atoms with Crippen LogP contribution >= 0.6 is 0 Å². The first kappa shape index (κ1) is 18.1. The zero-order chi connectivity index (χ0) is 18.7. The summed E-state index contributed by atoms with van der Waals surface area (Å²) in [6.07, 6.45) is 0. The van der Waals surface area contributed by atoms with Crippen LogP contribution in [-0.2, 0) is 14.8 Å². The Morgan fingerprint density at radius 3 is 2.46 bits per heavy atom. The molecule has 6 nitrogen and oxygen atoms in total. The first-order chi connectivity index (χ1) is 12.4. The highest BCUT2D eigenvalue weighted by atomic mass is 32.2. The monoisotopic (exact) mass is 371 g/mol. The number of benzene rings is 2. The second-order valence-electron chi connectivity index (χ2n) is 6.31. The van der Waals surface area contributed by atoms with E-state index >= 15 is 0 Å². The van der Waals surface area contributed by atoms with Gasteiger partial charge in [0, 0.05) is 12.1 Å². The Bertz CT molecular complexity index is 940. The van der Waals surface area contributed by atoms with Crippen LogP contribution < -0.4 is 10.0 Å². The Labute approximate surface area is 153 Å². The van der Waals surface area contributed by atoms with Crippen LogP contribution in [0.2, 0.25) is 0 Å². The molecule has 2 aromatic carbocycles. The van der Waals surface area contributed by atoms with E-state index < -0.39 is 16.1 Å². The normalized spacial score (nSPS) is 18.6. The largest absolute Gasteiger partial charge is 0.354 e. The van der Waals surface area contributed by atoms with Crippen molar-refractivity contribution < 1.29 is 13.2 Å². The van der Waals surface area contributed by atoms with E-state index in [-0.39, 0.29) is 22.6 Å². The lowest BCUT2D eigenvalue weighted by Crippen LogP contribution is -2.35. The Morgan fingerprint density at radius 1 is 1.08 bits per heavy atom. The van der Waals surface area contributed by atoms with Gasteiger partial charge in [-0.05, 0) is 30.5 Å². The van der Waals surface area contributed by atoms with Crippen molar-refractivity contribution in [3.05, 3.63) is 65.7 Å². The zero-order valence-electron chi connectivity index (χ0n) is 14.6. The molecule has 0 aliphatic carbocycles. The molecular formula is C19H21N3O3S. The van der Waals surface area contributed by atoms with Crippen molar-refractivity contribution in [1.82, 2.24) is 10.0 Å². The van der Waals surface area contributed by atoms with Gasteiger partial charge in [0.25, 0.3) is 10.0 Å². The van der Waals surface area contributed by atoms with Crippen molar-refractivity contribution in [1.29, 1.82) is 0 Å². The first-order valence-electron chi connectivity index (χ1n) is 8.41. The molecule has 0 spiro atoms. The van der Waals surface area contributed by atoms with Crippen molar-refractivity contribution in [3.8, 4) is 0 Å². The lowest BCUT2D eigenvalue weighted by molar-refractivity contribution is -0.121. The maximum Gasteiger partial charge on any atom is 0.263 e. The number of nitrogens with zero attached hydrogens (tertiary/aromatic N) is 1. The molecule has 0 saturated carbocycles. The van der Waals surface area contributed by atoms with Gasteiger partial charge in [-0.2, -0.15) is 0 Å². The molecule has 1 heterocycles. The number of rotatable bonds is 5. The molecule has 0 fully saturated rings. The van der Waals surface area contributed by atoms with Gasteiger partial charge in [0.2, 0.25) is 5.91 Å². The summed E-state index contributed by atoms with van der Waals surface area (Å²) in [5.41, 5.74) is 1.63. The molecule has 3 rings (SSSR count). The van der Waals surface area contributed by atoms with Gasteiger partial charge < -0.3 is 5.32 Å². The van der Waals surface area contributed by atoms with Crippen LogP contribution in [0.5, 0.6) is 0 Å². The highest BCUT2D eigenvalue weighted by molar-refractivity contribution is 7.90. The third kappa shape index (κ3) is 3.77. The second kappa shape index (κ2) is 7.29. The number of fused-ring (bicyclic) bond motifs is 1. The summed E-state index contributed by atoms with van der Waals surface area (Å²) in [5.74, 6) is 0.133. The van der Waals surface area contributed by atoms with Crippen LogP contribution in [0, 0.1) is 0 Å². The molecule has 0 radical (unpaired) electrons. The molecule has 0 aromatic heterocycles. The Kier molecular flexibility index (Phi) is 5.08. The van der Waals surface area contributed by atoms with Crippen LogP contribution in [-0.4, -0.2) is 32.7 Å². The lowest BCUT2D eigenvalue weighted by atomic mass is 10.0. The van der Waals surface area contributed by atoms with Gasteiger partial charge in [-0.25, -0.2) is 8.42 Å². The molecule has 26 heavy (non-hydrogen) atoms. The summed E-state index contributed by atoms with van der Waals surface area (Å²) < 4.78 is 26.6. The maximum absolute atomic E-state index is 12.3. The van der Waals surface area contributed by atoms with Gasteiger partial charge in [0.05, 0.1) is 4.90 Å². The second-order valence-corrected chi connectivity index (χ2v) is 7.96. The molecule has 2 N–H and O–H groups in total. The Balaban J connectivity index is 1.67. The van der Waals surface area contributed by atoms with E-state index in [4.69, 9.17) is 0 Å². The lowest BCUT2D eigenvalue weighted by Gasteiger charge is -2.15. The van der Waals surface area contributed by atoms with E-state index in [2.05, 4.69) is 15.0 Å². The van der Waals surface area contributed by atoms with Gasteiger partial charge in [0.1, 0.15) is 11.9 Å². The van der Waals surface area contributed by atoms with Crippen LogP contribution in [0.4, 0.5) is 0 Å². The number of nitrogens with one attached hydrogen (secondary N) is 2. The predicted octanol–water partition coefficient (Wildman–Crippen LogP) is 2.03. The van der Waals surface area contributed by atoms with Crippen molar-refractivity contribution in [3.63, 3.8) is 0 Å². The topological polar surface area (TPSA) is 87.6 Å². The predicted molar refractivity (Wildman–Crippen MR) is 101 cm³/mol. The highest BCUT2D eigenvalue weighted by Gasteiger charge is 2.31. The molecule has 2 aromatic rings. The van der Waals surface area contributed by atoms with E-state index in [1.165, 1.54) is 6.07 Å². The number of carbonyl (C=O) groups is 1. The zero-order valence-corrected chi connectivity index (χ0v) is 15.5. The number of sulfonamides is 1. The molecule has 2 atom stereocenters. The van der Waals surface area contributed by atoms with Crippen molar-refractivity contribution in [2.75, 3.05) is 6.54 Å². The summed E-state index contributed by atoms with van der Waals surface area (Å²) in [7, 11) is -3.60. The van der Waals surface area contributed by atoms with E-state index in [1.807, 2.05) is 37.3 Å². The van der Waals surface area contributed by atoms with Gasteiger partial charge in [-0.15, -0.1) is 0 Å². The van der Waals surface area contributed by atoms with Crippen LogP contribution in [0.15, 0.2) is 64.5 Å². The van der Waals surface area contributed by atoms with Crippen molar-refractivity contribution in [2.24, 2.45) is 4.99 Å². The van der Waals surface area contributed by atoms with Crippen LogP contribution in [0.25, 0.3) is 0 Å². The number of aliphatic imine (C=N–C) groups is 1. The van der Waals surface area contributed by atoms with Crippen LogP contribution in [0.3, 0.4) is 0 Å². The smallest absolute Gasteiger partial charge is 0.263 e. The standard InChI is InChI=1S/C19H21N3O3S/c1-13(15-8-4-3-5-9-15)12-20-19(23)14(2)21-18-16-10-6-7-11-17(16)26(24,25)22-18/h3-11,13-14H,12H2,1-2H3,(H,20,23)(H,21,22)/t13?,14-/m0/s1. The summed E-state index contributed by atoms with van der Waals surface area (Å²) in [6.45, 7) is 4.17. The molecule has 1 aliphatic heterocycles. The number of hydrogen-bond acceptors (Lipinski definition) is 4. The highest BCUT2D eigenvalue weighted by Crippen LogP contribution is 2.22. The van der Waals surface area contributed by atoms with Gasteiger partial charge >= 0.3 is 0 Å². The Morgan fingerprint density at radius 2 is 1.73 bits per heavy atom. The number of carbonyl (C=O) groups excluding carboxylic acids is 1. The van der Waals surface area contributed by atoms with E-state index in [1.54, 1.807) is 25.1 Å². The van der Waals surface area contributed by atoms with Gasteiger partial charge in [0.15, 0.2) is 0 Å². The average molecular weight is 371 g/mol. The SMILES string of the molecule is CC(CNC(=O)[C@H](C)N=C1NS(=O)(=O)c2ccccc21)c1ccccc1.